The molecule has 1 aromatic heterocycles. The lowest BCUT2D eigenvalue weighted by molar-refractivity contribution is 0.405. The van der Waals surface area contributed by atoms with E-state index in [0.29, 0.717) is 16.9 Å². The predicted molar refractivity (Wildman–Crippen MR) is 69.8 cm³/mol. The van der Waals surface area contributed by atoms with Gasteiger partial charge in [0, 0.05) is 36.8 Å². The molecule has 1 aliphatic rings. The monoisotopic (exact) mass is 264 g/mol. The van der Waals surface area contributed by atoms with Crippen LogP contribution in [0.2, 0.25) is 5.02 Å². The lowest BCUT2D eigenvalue weighted by Crippen LogP contribution is -2.43. The first-order valence-electron chi connectivity index (χ1n) is 5.88. The van der Waals surface area contributed by atoms with Crippen LogP contribution in [-0.2, 0) is 0 Å². The van der Waals surface area contributed by atoms with Crippen molar-refractivity contribution in [2.24, 2.45) is 0 Å². The second kappa shape index (κ2) is 4.96. The number of benzene rings is 1. The molecule has 3 rings (SSSR count). The maximum absolute atomic E-state index is 5.95. The first-order chi connectivity index (χ1) is 8.83. The van der Waals surface area contributed by atoms with Gasteiger partial charge >= 0.3 is 6.01 Å². The van der Waals surface area contributed by atoms with Gasteiger partial charge in [0.1, 0.15) is 0 Å². The van der Waals surface area contributed by atoms with E-state index in [1.807, 2.05) is 24.3 Å². The third kappa shape index (κ3) is 2.32. The molecule has 2 aromatic rings. The van der Waals surface area contributed by atoms with Gasteiger partial charge in [-0.3, -0.25) is 0 Å². The summed E-state index contributed by atoms with van der Waals surface area (Å²) in [6.45, 7) is 3.65. The van der Waals surface area contributed by atoms with Crippen molar-refractivity contribution >= 4 is 17.6 Å². The Kier molecular flexibility index (Phi) is 3.17. The summed E-state index contributed by atoms with van der Waals surface area (Å²) in [5, 5.41) is 7.94. The quantitative estimate of drug-likeness (QED) is 0.896. The van der Waals surface area contributed by atoms with Gasteiger partial charge in [-0.1, -0.05) is 28.9 Å². The van der Waals surface area contributed by atoms with Gasteiger partial charge in [0.2, 0.25) is 5.82 Å². The largest absolute Gasteiger partial charge is 0.324 e. The molecular formula is C12H13ClN4O. The van der Waals surface area contributed by atoms with Gasteiger partial charge in [0.25, 0.3) is 0 Å². The highest BCUT2D eigenvalue weighted by Crippen LogP contribution is 2.22. The molecule has 0 spiro atoms. The Morgan fingerprint density at radius 1 is 1.28 bits per heavy atom. The SMILES string of the molecule is Clc1cccc(-c2noc(N3CCNCC3)n2)c1. The molecule has 0 aliphatic carbocycles. The molecule has 2 heterocycles. The van der Waals surface area contributed by atoms with Crippen LogP contribution in [-0.4, -0.2) is 36.3 Å². The first-order valence-corrected chi connectivity index (χ1v) is 6.26. The third-order valence-electron chi connectivity index (χ3n) is 2.89. The summed E-state index contributed by atoms with van der Waals surface area (Å²) in [5.41, 5.74) is 0.868. The van der Waals surface area contributed by atoms with E-state index in [4.69, 9.17) is 16.1 Å². The van der Waals surface area contributed by atoms with E-state index in [9.17, 15) is 0 Å². The second-order valence-corrected chi connectivity index (χ2v) is 4.58. The molecule has 18 heavy (non-hydrogen) atoms. The molecule has 0 radical (unpaired) electrons. The number of nitrogens with zero attached hydrogens (tertiary/aromatic N) is 3. The van der Waals surface area contributed by atoms with Crippen molar-refractivity contribution in [2.75, 3.05) is 31.1 Å². The molecule has 94 valence electrons. The van der Waals surface area contributed by atoms with Gasteiger partial charge < -0.3 is 14.7 Å². The maximum Gasteiger partial charge on any atom is 0.324 e. The van der Waals surface area contributed by atoms with Crippen molar-refractivity contribution in [3.8, 4) is 11.4 Å². The van der Waals surface area contributed by atoms with Crippen LogP contribution < -0.4 is 10.2 Å². The standard InChI is InChI=1S/C12H13ClN4O/c13-10-3-1-2-9(8-10)11-15-12(18-16-11)17-6-4-14-5-7-17/h1-3,8,14H,4-7H2. The molecular weight excluding hydrogens is 252 g/mol. The van der Waals surface area contributed by atoms with Crippen LogP contribution in [0.1, 0.15) is 0 Å². The van der Waals surface area contributed by atoms with Gasteiger partial charge in [-0.15, -0.1) is 0 Å². The summed E-state index contributed by atoms with van der Waals surface area (Å²) in [7, 11) is 0. The predicted octanol–water partition coefficient (Wildman–Crippen LogP) is 1.80. The zero-order chi connectivity index (χ0) is 12.4. The molecule has 5 nitrogen and oxygen atoms in total. The number of hydrogen-bond acceptors (Lipinski definition) is 5. The van der Waals surface area contributed by atoms with Crippen LogP contribution >= 0.6 is 11.6 Å². The normalized spacial score (nSPS) is 15.9. The third-order valence-corrected chi connectivity index (χ3v) is 3.12. The summed E-state index contributed by atoms with van der Waals surface area (Å²) in [5.74, 6) is 0.575. The van der Waals surface area contributed by atoms with E-state index >= 15 is 0 Å². The van der Waals surface area contributed by atoms with Crippen LogP contribution in [0.5, 0.6) is 0 Å². The summed E-state index contributed by atoms with van der Waals surface area (Å²) < 4.78 is 5.29. The Labute approximate surface area is 110 Å². The number of aromatic nitrogens is 2. The van der Waals surface area contributed by atoms with Gasteiger partial charge in [0.15, 0.2) is 0 Å². The van der Waals surface area contributed by atoms with Crippen molar-refractivity contribution in [3.05, 3.63) is 29.3 Å². The number of anilines is 1. The van der Waals surface area contributed by atoms with E-state index in [1.54, 1.807) is 0 Å². The molecule has 1 fully saturated rings. The topological polar surface area (TPSA) is 54.2 Å². The summed E-state index contributed by atoms with van der Waals surface area (Å²) in [6, 6.07) is 8.01. The molecule has 0 amide bonds. The van der Waals surface area contributed by atoms with E-state index in [1.165, 1.54) is 0 Å². The van der Waals surface area contributed by atoms with Crippen molar-refractivity contribution in [1.29, 1.82) is 0 Å². The van der Waals surface area contributed by atoms with Gasteiger partial charge in [-0.05, 0) is 12.1 Å². The molecule has 0 saturated carbocycles. The number of rotatable bonds is 2. The van der Waals surface area contributed by atoms with Gasteiger partial charge in [-0.2, -0.15) is 4.98 Å². The summed E-state index contributed by atoms with van der Waals surface area (Å²) in [4.78, 5) is 6.49. The Bertz CT molecular complexity index is 536. The van der Waals surface area contributed by atoms with Crippen LogP contribution in [0.3, 0.4) is 0 Å². The van der Waals surface area contributed by atoms with Crippen molar-refractivity contribution < 1.29 is 4.52 Å². The molecule has 1 N–H and O–H groups in total. The highest BCUT2D eigenvalue weighted by molar-refractivity contribution is 6.30. The molecule has 0 unspecified atom stereocenters. The average Bonchev–Trinajstić information content (AvgIpc) is 2.89. The molecule has 1 aromatic carbocycles. The Morgan fingerprint density at radius 3 is 2.89 bits per heavy atom. The minimum absolute atomic E-state index is 0.575. The minimum Gasteiger partial charge on any atom is -0.322 e. The molecule has 6 heteroatoms. The van der Waals surface area contributed by atoms with Crippen LogP contribution in [0, 0.1) is 0 Å². The molecule has 1 aliphatic heterocycles. The number of nitrogens with one attached hydrogen (secondary N) is 1. The van der Waals surface area contributed by atoms with Crippen molar-refractivity contribution in [2.45, 2.75) is 0 Å². The highest BCUT2D eigenvalue weighted by atomic mass is 35.5. The van der Waals surface area contributed by atoms with E-state index in [0.717, 1.165) is 31.7 Å². The van der Waals surface area contributed by atoms with E-state index < -0.39 is 0 Å². The molecule has 0 bridgehead atoms. The van der Waals surface area contributed by atoms with Crippen LogP contribution in [0.4, 0.5) is 6.01 Å². The van der Waals surface area contributed by atoms with Gasteiger partial charge in [0.05, 0.1) is 0 Å². The lowest BCUT2D eigenvalue weighted by atomic mass is 10.2. The van der Waals surface area contributed by atoms with Crippen LogP contribution in [0.25, 0.3) is 11.4 Å². The smallest absolute Gasteiger partial charge is 0.322 e. The zero-order valence-electron chi connectivity index (χ0n) is 9.77. The second-order valence-electron chi connectivity index (χ2n) is 4.15. The fourth-order valence-corrected chi connectivity index (χ4v) is 2.14. The van der Waals surface area contributed by atoms with Crippen molar-refractivity contribution in [3.63, 3.8) is 0 Å². The summed E-state index contributed by atoms with van der Waals surface area (Å²) in [6.07, 6.45) is 0. The maximum atomic E-state index is 5.95. The number of hydrogen-bond donors (Lipinski definition) is 1. The summed E-state index contributed by atoms with van der Waals surface area (Å²) >= 11 is 5.95. The number of halogens is 1. The minimum atomic E-state index is 0.575. The van der Waals surface area contributed by atoms with E-state index in [2.05, 4.69) is 20.4 Å². The molecule has 0 atom stereocenters. The zero-order valence-corrected chi connectivity index (χ0v) is 10.5. The average molecular weight is 265 g/mol. The first kappa shape index (κ1) is 11.5. The highest BCUT2D eigenvalue weighted by Gasteiger charge is 2.17. The van der Waals surface area contributed by atoms with Gasteiger partial charge in [-0.25, -0.2) is 0 Å². The Balaban J connectivity index is 1.84. The van der Waals surface area contributed by atoms with Crippen LogP contribution in [0.15, 0.2) is 28.8 Å². The Morgan fingerprint density at radius 2 is 2.11 bits per heavy atom. The Hall–Kier alpha value is -1.59. The molecule has 1 saturated heterocycles. The fraction of sp³-hybridized carbons (Fsp3) is 0.333. The lowest BCUT2D eigenvalue weighted by Gasteiger charge is -2.24. The number of piperazine rings is 1. The van der Waals surface area contributed by atoms with Crippen molar-refractivity contribution in [1.82, 2.24) is 15.5 Å². The van der Waals surface area contributed by atoms with E-state index in [-0.39, 0.29) is 0 Å². The fourth-order valence-electron chi connectivity index (χ4n) is 1.94.